The molecule has 0 aliphatic heterocycles. The zero-order chi connectivity index (χ0) is 19.7. The van der Waals surface area contributed by atoms with Gasteiger partial charge in [0.25, 0.3) is 0 Å². The summed E-state index contributed by atoms with van der Waals surface area (Å²) >= 11 is 0. The number of nitrogens with zero attached hydrogens (tertiary/aromatic N) is 6. The van der Waals surface area contributed by atoms with E-state index in [0.717, 1.165) is 45.9 Å². The molecule has 4 aromatic rings. The number of fused-ring (bicyclic) bond motifs is 3. The summed E-state index contributed by atoms with van der Waals surface area (Å²) in [5.41, 5.74) is 6.67. The van der Waals surface area contributed by atoms with Crippen molar-refractivity contribution in [3.05, 3.63) is 53.5 Å². The minimum Gasteiger partial charge on any atom is -0.377 e. The molecule has 1 aromatic carbocycles. The highest BCUT2D eigenvalue weighted by Crippen LogP contribution is 2.25. The van der Waals surface area contributed by atoms with E-state index in [-0.39, 0.29) is 0 Å². The van der Waals surface area contributed by atoms with E-state index in [9.17, 15) is 0 Å². The molecule has 7 heteroatoms. The fraction of sp³-hybridized carbons (Fsp3) is 0.333. The number of aromatic nitrogens is 5. The molecule has 0 saturated carbocycles. The Kier molecular flexibility index (Phi) is 5.02. The third-order valence-electron chi connectivity index (χ3n) is 4.58. The van der Waals surface area contributed by atoms with Gasteiger partial charge in [-0.1, -0.05) is 6.07 Å². The average molecular weight is 376 g/mol. The maximum absolute atomic E-state index is 5.52. The Morgan fingerprint density at radius 2 is 1.93 bits per heavy atom. The van der Waals surface area contributed by atoms with Crippen LogP contribution in [-0.2, 0) is 17.9 Å². The van der Waals surface area contributed by atoms with E-state index in [1.54, 1.807) is 0 Å². The lowest BCUT2D eigenvalue weighted by molar-refractivity contribution is 0.134. The molecule has 3 aromatic heterocycles. The van der Waals surface area contributed by atoms with Gasteiger partial charge in [0.2, 0.25) is 0 Å². The van der Waals surface area contributed by atoms with Gasteiger partial charge >= 0.3 is 0 Å². The van der Waals surface area contributed by atoms with Crippen LogP contribution in [0.1, 0.15) is 23.7 Å². The largest absolute Gasteiger partial charge is 0.377 e. The fourth-order valence-corrected chi connectivity index (χ4v) is 3.38. The van der Waals surface area contributed by atoms with Gasteiger partial charge in [0.15, 0.2) is 11.5 Å². The molecular formula is C21H24N6O. The van der Waals surface area contributed by atoms with Crippen LogP contribution < -0.4 is 0 Å². The van der Waals surface area contributed by atoms with Crippen molar-refractivity contribution in [2.75, 3.05) is 20.7 Å². The maximum atomic E-state index is 5.52. The first kappa shape index (κ1) is 18.5. The zero-order valence-electron chi connectivity index (χ0n) is 16.7. The van der Waals surface area contributed by atoms with Crippen molar-refractivity contribution in [3.8, 4) is 11.4 Å². The van der Waals surface area contributed by atoms with E-state index in [0.29, 0.717) is 13.2 Å². The molecule has 0 radical (unpaired) electrons. The monoisotopic (exact) mass is 376 g/mol. The Morgan fingerprint density at radius 3 is 2.71 bits per heavy atom. The third kappa shape index (κ3) is 3.46. The Hall–Kier alpha value is -2.90. The van der Waals surface area contributed by atoms with E-state index >= 15 is 0 Å². The van der Waals surface area contributed by atoms with Gasteiger partial charge in [0.05, 0.1) is 23.3 Å². The molecule has 0 aliphatic rings. The molecule has 0 saturated heterocycles. The normalized spacial score (nSPS) is 11.8. The average Bonchev–Trinajstić information content (AvgIpc) is 3.13. The SMILES string of the molecule is CCOCc1cncc(-c2nnc3c(C)nc4ccc(CN(C)C)cc4n23)c1. The number of hydrogen-bond donors (Lipinski definition) is 0. The second kappa shape index (κ2) is 7.61. The molecule has 0 amide bonds. The van der Waals surface area contributed by atoms with E-state index in [4.69, 9.17) is 9.72 Å². The highest BCUT2D eigenvalue weighted by Gasteiger charge is 2.15. The van der Waals surface area contributed by atoms with Crippen LogP contribution in [0, 0.1) is 6.92 Å². The topological polar surface area (TPSA) is 68.4 Å². The first-order chi connectivity index (χ1) is 13.6. The lowest BCUT2D eigenvalue weighted by Crippen LogP contribution is -2.10. The molecule has 7 nitrogen and oxygen atoms in total. The maximum Gasteiger partial charge on any atom is 0.183 e. The van der Waals surface area contributed by atoms with Gasteiger partial charge < -0.3 is 9.64 Å². The van der Waals surface area contributed by atoms with Crippen molar-refractivity contribution >= 4 is 16.7 Å². The molecule has 0 bridgehead atoms. The van der Waals surface area contributed by atoms with Crippen molar-refractivity contribution in [3.63, 3.8) is 0 Å². The van der Waals surface area contributed by atoms with Crippen LogP contribution >= 0.6 is 0 Å². The molecular weight excluding hydrogens is 352 g/mol. The Labute approximate surface area is 164 Å². The first-order valence-corrected chi connectivity index (χ1v) is 9.38. The van der Waals surface area contributed by atoms with E-state index in [2.05, 4.69) is 62.8 Å². The zero-order valence-corrected chi connectivity index (χ0v) is 16.7. The third-order valence-corrected chi connectivity index (χ3v) is 4.58. The summed E-state index contributed by atoms with van der Waals surface area (Å²) in [4.78, 5) is 11.2. The van der Waals surface area contributed by atoms with Crippen molar-refractivity contribution in [1.82, 2.24) is 29.5 Å². The van der Waals surface area contributed by atoms with E-state index < -0.39 is 0 Å². The van der Waals surface area contributed by atoms with Gasteiger partial charge in [-0.3, -0.25) is 9.38 Å². The minimum absolute atomic E-state index is 0.530. The lowest BCUT2D eigenvalue weighted by atomic mass is 10.1. The number of aryl methyl sites for hydroxylation is 1. The highest BCUT2D eigenvalue weighted by molar-refractivity contribution is 5.81. The smallest absolute Gasteiger partial charge is 0.183 e. The molecule has 3 heterocycles. The molecule has 0 fully saturated rings. The number of benzene rings is 1. The molecule has 0 spiro atoms. The molecule has 4 rings (SSSR count). The Morgan fingerprint density at radius 1 is 1.07 bits per heavy atom. The summed E-state index contributed by atoms with van der Waals surface area (Å²) in [7, 11) is 4.12. The highest BCUT2D eigenvalue weighted by atomic mass is 16.5. The summed E-state index contributed by atoms with van der Waals surface area (Å²) in [6.45, 7) is 6.00. The number of hydrogen-bond acceptors (Lipinski definition) is 6. The predicted molar refractivity (Wildman–Crippen MR) is 109 cm³/mol. The standard InChI is InChI=1S/C21H24N6O/c1-5-28-13-16-8-17(11-22-10-16)21-25-24-20-14(2)23-18-7-6-15(12-26(3)4)9-19(18)27(20)21/h6-11H,5,12-13H2,1-4H3. The summed E-state index contributed by atoms with van der Waals surface area (Å²) in [5.74, 6) is 0.762. The summed E-state index contributed by atoms with van der Waals surface area (Å²) in [6.07, 6.45) is 3.64. The quantitative estimate of drug-likeness (QED) is 0.515. The van der Waals surface area contributed by atoms with Crippen LogP contribution in [0.25, 0.3) is 28.1 Å². The van der Waals surface area contributed by atoms with Gasteiger partial charge in [-0.05, 0) is 57.3 Å². The molecule has 0 unspecified atom stereocenters. The molecule has 28 heavy (non-hydrogen) atoms. The number of rotatable bonds is 6. The Bertz CT molecular complexity index is 1130. The summed E-state index contributed by atoms with van der Waals surface area (Å²) in [6, 6.07) is 8.41. The van der Waals surface area contributed by atoms with Gasteiger partial charge in [0, 0.05) is 31.1 Å². The molecule has 0 aliphatic carbocycles. The van der Waals surface area contributed by atoms with Crippen LogP contribution in [0.3, 0.4) is 0 Å². The van der Waals surface area contributed by atoms with Crippen LogP contribution in [0.4, 0.5) is 0 Å². The van der Waals surface area contributed by atoms with Crippen LogP contribution in [0.2, 0.25) is 0 Å². The van der Waals surface area contributed by atoms with Crippen molar-refractivity contribution in [2.24, 2.45) is 0 Å². The van der Waals surface area contributed by atoms with Gasteiger partial charge in [-0.2, -0.15) is 0 Å². The van der Waals surface area contributed by atoms with Gasteiger partial charge in [-0.15, -0.1) is 10.2 Å². The molecule has 144 valence electrons. The lowest BCUT2D eigenvalue weighted by Gasteiger charge is -2.12. The molecule has 0 N–H and O–H groups in total. The van der Waals surface area contributed by atoms with Crippen LogP contribution in [0.15, 0.2) is 36.7 Å². The fourth-order valence-electron chi connectivity index (χ4n) is 3.38. The summed E-state index contributed by atoms with van der Waals surface area (Å²) < 4.78 is 7.61. The van der Waals surface area contributed by atoms with Gasteiger partial charge in [-0.25, -0.2) is 4.98 Å². The summed E-state index contributed by atoms with van der Waals surface area (Å²) in [5, 5.41) is 8.88. The number of pyridine rings is 1. The van der Waals surface area contributed by atoms with Crippen molar-refractivity contribution in [1.29, 1.82) is 0 Å². The van der Waals surface area contributed by atoms with E-state index in [1.807, 2.05) is 26.2 Å². The van der Waals surface area contributed by atoms with Crippen molar-refractivity contribution in [2.45, 2.75) is 27.0 Å². The Balaban J connectivity index is 1.92. The minimum atomic E-state index is 0.530. The second-order valence-corrected chi connectivity index (χ2v) is 7.16. The van der Waals surface area contributed by atoms with Gasteiger partial charge in [0.1, 0.15) is 0 Å². The number of ether oxygens (including phenoxy) is 1. The van der Waals surface area contributed by atoms with Crippen LogP contribution in [0.5, 0.6) is 0 Å². The first-order valence-electron chi connectivity index (χ1n) is 9.38. The molecule has 0 atom stereocenters. The van der Waals surface area contributed by atoms with Crippen LogP contribution in [-0.4, -0.2) is 50.2 Å². The van der Waals surface area contributed by atoms with E-state index in [1.165, 1.54) is 5.56 Å². The van der Waals surface area contributed by atoms with Crippen molar-refractivity contribution < 1.29 is 4.74 Å². The predicted octanol–water partition coefficient (Wildman–Crippen LogP) is 3.25. The second-order valence-electron chi connectivity index (χ2n) is 7.16.